The lowest BCUT2D eigenvalue weighted by molar-refractivity contribution is 0.183. The van der Waals surface area contributed by atoms with E-state index in [1.807, 2.05) is 25.1 Å². The summed E-state index contributed by atoms with van der Waals surface area (Å²) in [6.07, 6.45) is 1.71. The summed E-state index contributed by atoms with van der Waals surface area (Å²) < 4.78 is 5.02. The molecule has 5 N–H and O–H groups in total. The summed E-state index contributed by atoms with van der Waals surface area (Å²) in [4.78, 5) is 12.0. The Hall–Kier alpha value is -2.64. The van der Waals surface area contributed by atoms with Gasteiger partial charge in [0.05, 0.1) is 6.61 Å². The lowest BCUT2D eigenvalue weighted by atomic mass is 10.2. The molecule has 0 unspecified atom stereocenters. The highest BCUT2D eigenvalue weighted by Crippen LogP contribution is 2.26. The Morgan fingerprint density at radius 1 is 1.33 bits per heavy atom. The number of aromatic amines is 1. The number of methoxy groups -OCH3 is 1. The highest BCUT2D eigenvalue weighted by Gasteiger charge is 2.07. The largest absolute Gasteiger partial charge is 0.383 e. The highest BCUT2D eigenvalue weighted by molar-refractivity contribution is 5.94. The van der Waals surface area contributed by atoms with Crippen molar-refractivity contribution in [1.29, 1.82) is 0 Å². The summed E-state index contributed by atoms with van der Waals surface area (Å²) in [7, 11) is 1.63. The van der Waals surface area contributed by atoms with E-state index in [-0.39, 0.29) is 6.04 Å². The van der Waals surface area contributed by atoms with Gasteiger partial charge < -0.3 is 26.1 Å². The Morgan fingerprint density at radius 3 is 3.04 bits per heavy atom. The first kappa shape index (κ1) is 16.2. The first-order chi connectivity index (χ1) is 11.7. The number of benzene rings is 1. The molecule has 126 valence electrons. The number of fused-ring (bicyclic) bond motifs is 1. The molecule has 0 aliphatic carbocycles. The number of aromatic nitrogens is 3. The van der Waals surface area contributed by atoms with Crippen LogP contribution in [0.2, 0.25) is 0 Å². The minimum atomic E-state index is -0.105. The molecule has 2 aromatic heterocycles. The molecule has 7 nitrogen and oxygen atoms in total. The number of nitrogens with zero attached hydrogens (tertiary/aromatic N) is 2. The first-order valence-corrected chi connectivity index (χ1v) is 7.82. The van der Waals surface area contributed by atoms with Crippen LogP contribution in [0.25, 0.3) is 10.9 Å². The molecule has 0 amide bonds. The number of ether oxygens (including phenoxy) is 1. The summed E-state index contributed by atoms with van der Waals surface area (Å²) in [6, 6.07) is 9.93. The number of rotatable bonds is 7. The van der Waals surface area contributed by atoms with Gasteiger partial charge in [0.2, 0.25) is 5.95 Å². The standard InChI is InChI=1S/C17H22N6O/c1-11-8-13-14(21-11)4-3-5-15(13)22-16-6-7-19-17(23-16)20-9-12(18)10-24-2/h3-8,12,21H,9-10,18H2,1-2H3,(H2,19,20,22,23)/t12-/m1/s1. The maximum absolute atomic E-state index is 5.90. The quantitative estimate of drug-likeness (QED) is 0.532. The van der Waals surface area contributed by atoms with Crippen molar-refractivity contribution in [3.63, 3.8) is 0 Å². The maximum atomic E-state index is 5.90. The van der Waals surface area contributed by atoms with Crippen LogP contribution in [0.5, 0.6) is 0 Å². The molecule has 3 aromatic rings. The lowest BCUT2D eigenvalue weighted by Gasteiger charge is -2.12. The second kappa shape index (κ2) is 7.29. The van der Waals surface area contributed by atoms with E-state index in [9.17, 15) is 0 Å². The van der Waals surface area contributed by atoms with E-state index < -0.39 is 0 Å². The van der Waals surface area contributed by atoms with Crippen LogP contribution in [0.1, 0.15) is 5.69 Å². The Balaban J connectivity index is 1.74. The third-order valence-electron chi connectivity index (χ3n) is 3.62. The minimum Gasteiger partial charge on any atom is -0.383 e. The Morgan fingerprint density at radius 2 is 2.21 bits per heavy atom. The number of aryl methyl sites for hydroxylation is 1. The van der Waals surface area contributed by atoms with Crippen molar-refractivity contribution < 1.29 is 4.74 Å². The molecule has 1 aromatic carbocycles. The molecule has 0 saturated carbocycles. The number of nitrogens with one attached hydrogen (secondary N) is 3. The molecule has 0 fully saturated rings. The maximum Gasteiger partial charge on any atom is 0.224 e. The van der Waals surface area contributed by atoms with Crippen molar-refractivity contribution in [2.24, 2.45) is 5.73 Å². The SMILES string of the molecule is COC[C@H](N)CNc1nccc(Nc2cccc3[nH]c(C)cc23)n1. The zero-order valence-electron chi connectivity index (χ0n) is 13.8. The van der Waals surface area contributed by atoms with Gasteiger partial charge in [-0.1, -0.05) is 6.07 Å². The molecular weight excluding hydrogens is 304 g/mol. The van der Waals surface area contributed by atoms with Crippen molar-refractivity contribution in [3.8, 4) is 0 Å². The molecule has 0 aliphatic heterocycles. The molecule has 0 spiro atoms. The van der Waals surface area contributed by atoms with E-state index >= 15 is 0 Å². The van der Waals surface area contributed by atoms with Gasteiger partial charge >= 0.3 is 0 Å². The molecular formula is C17H22N6O. The third kappa shape index (κ3) is 3.81. The second-order valence-electron chi connectivity index (χ2n) is 5.71. The predicted octanol–water partition coefficient (Wildman–Crippen LogP) is 2.40. The van der Waals surface area contributed by atoms with Gasteiger partial charge in [0.1, 0.15) is 5.82 Å². The number of H-pyrrole nitrogens is 1. The van der Waals surface area contributed by atoms with Crippen molar-refractivity contribution in [1.82, 2.24) is 15.0 Å². The zero-order chi connectivity index (χ0) is 16.9. The van der Waals surface area contributed by atoms with Crippen molar-refractivity contribution >= 4 is 28.4 Å². The molecule has 24 heavy (non-hydrogen) atoms. The van der Waals surface area contributed by atoms with E-state index in [0.29, 0.717) is 19.1 Å². The molecule has 1 atom stereocenters. The van der Waals surface area contributed by atoms with Crippen molar-refractivity contribution in [3.05, 3.63) is 42.2 Å². The van der Waals surface area contributed by atoms with E-state index in [4.69, 9.17) is 10.5 Å². The van der Waals surface area contributed by atoms with Gasteiger partial charge in [-0.15, -0.1) is 0 Å². The van der Waals surface area contributed by atoms with Crippen LogP contribution in [0.3, 0.4) is 0 Å². The minimum absolute atomic E-state index is 0.105. The summed E-state index contributed by atoms with van der Waals surface area (Å²) in [5.41, 5.74) is 9.11. The van der Waals surface area contributed by atoms with E-state index in [1.54, 1.807) is 13.3 Å². The van der Waals surface area contributed by atoms with Gasteiger partial charge in [-0.25, -0.2) is 4.98 Å². The predicted molar refractivity (Wildman–Crippen MR) is 96.7 cm³/mol. The van der Waals surface area contributed by atoms with Gasteiger partial charge in [-0.05, 0) is 31.2 Å². The van der Waals surface area contributed by atoms with Crippen molar-refractivity contribution in [2.45, 2.75) is 13.0 Å². The van der Waals surface area contributed by atoms with E-state index in [2.05, 4.69) is 37.7 Å². The normalized spacial score (nSPS) is 12.3. The smallest absolute Gasteiger partial charge is 0.224 e. The average Bonchev–Trinajstić information content (AvgIpc) is 2.95. The Kier molecular flexibility index (Phi) is 4.93. The average molecular weight is 326 g/mol. The van der Waals surface area contributed by atoms with Gasteiger partial charge in [-0.3, -0.25) is 0 Å². The Labute approximate surface area is 140 Å². The molecule has 3 rings (SSSR count). The van der Waals surface area contributed by atoms with Crippen LogP contribution in [0.4, 0.5) is 17.5 Å². The lowest BCUT2D eigenvalue weighted by Crippen LogP contribution is -2.33. The van der Waals surface area contributed by atoms with Crippen LogP contribution in [0.15, 0.2) is 36.5 Å². The number of hydrogen-bond donors (Lipinski definition) is 4. The van der Waals surface area contributed by atoms with Crippen LogP contribution in [-0.4, -0.2) is 41.3 Å². The molecule has 0 aliphatic rings. The van der Waals surface area contributed by atoms with Gasteiger partial charge in [0.25, 0.3) is 0 Å². The van der Waals surface area contributed by atoms with Gasteiger partial charge in [0.15, 0.2) is 0 Å². The summed E-state index contributed by atoms with van der Waals surface area (Å²) in [5, 5.41) is 7.60. The van der Waals surface area contributed by atoms with Crippen LogP contribution in [-0.2, 0) is 4.74 Å². The molecule has 0 bridgehead atoms. The second-order valence-corrected chi connectivity index (χ2v) is 5.71. The number of hydrogen-bond acceptors (Lipinski definition) is 6. The third-order valence-corrected chi connectivity index (χ3v) is 3.62. The number of anilines is 3. The fourth-order valence-electron chi connectivity index (χ4n) is 2.55. The van der Waals surface area contributed by atoms with Crippen LogP contribution in [0, 0.1) is 6.92 Å². The monoisotopic (exact) mass is 326 g/mol. The number of nitrogens with two attached hydrogens (primary N) is 1. The topological polar surface area (TPSA) is 101 Å². The van der Waals surface area contributed by atoms with Gasteiger partial charge in [-0.2, -0.15) is 4.98 Å². The summed E-state index contributed by atoms with van der Waals surface area (Å²) in [6.45, 7) is 3.07. The first-order valence-electron chi connectivity index (χ1n) is 7.82. The van der Waals surface area contributed by atoms with E-state index in [0.717, 1.165) is 28.1 Å². The van der Waals surface area contributed by atoms with Crippen LogP contribution < -0.4 is 16.4 Å². The molecule has 0 radical (unpaired) electrons. The van der Waals surface area contributed by atoms with Crippen LogP contribution >= 0.6 is 0 Å². The van der Waals surface area contributed by atoms with Crippen molar-refractivity contribution in [2.75, 3.05) is 30.9 Å². The Bertz CT molecular complexity index is 816. The fraction of sp³-hybridized carbons (Fsp3) is 0.294. The summed E-state index contributed by atoms with van der Waals surface area (Å²) >= 11 is 0. The van der Waals surface area contributed by atoms with E-state index in [1.165, 1.54) is 0 Å². The fourth-order valence-corrected chi connectivity index (χ4v) is 2.55. The van der Waals surface area contributed by atoms with Gasteiger partial charge in [0, 0.05) is 48.2 Å². The zero-order valence-corrected chi connectivity index (χ0v) is 13.8. The molecule has 2 heterocycles. The highest BCUT2D eigenvalue weighted by atomic mass is 16.5. The molecule has 0 saturated heterocycles. The summed E-state index contributed by atoms with van der Waals surface area (Å²) in [5.74, 6) is 1.25. The molecule has 7 heteroatoms.